The monoisotopic (exact) mass is 442 g/mol. The summed E-state index contributed by atoms with van der Waals surface area (Å²) in [6.07, 6.45) is 0.412. The number of rotatable bonds is 6. The lowest BCUT2D eigenvalue weighted by Crippen LogP contribution is -2.48. The largest absolute Gasteiger partial charge is 0.383 e. The Morgan fingerprint density at radius 3 is 2.91 bits per heavy atom. The van der Waals surface area contributed by atoms with Gasteiger partial charge >= 0.3 is 0 Å². The molecule has 1 fully saturated rings. The standard InChI is InChI=1S/C20H20F2N8O2/c1-20(18(31)25-9-4-5-9)12-14(23)26-16(27-15(12)28-19(20)32)13-10-3-2-7-24-17(10)30(29-13)8-6-11(21)22/h2-3,7,9,11H,4-6,8H2,1H3,(H,25,31)(H3,23,26,27,28,32). The summed E-state index contributed by atoms with van der Waals surface area (Å²) in [5.41, 5.74) is 5.57. The van der Waals surface area contributed by atoms with Gasteiger partial charge in [-0.2, -0.15) is 5.10 Å². The average Bonchev–Trinajstić information content (AvgIpc) is 3.42. The zero-order valence-electron chi connectivity index (χ0n) is 17.1. The highest BCUT2D eigenvalue weighted by Gasteiger charge is 2.53. The summed E-state index contributed by atoms with van der Waals surface area (Å²) in [5.74, 6) is -0.800. The van der Waals surface area contributed by atoms with Gasteiger partial charge in [-0.25, -0.2) is 28.4 Å². The van der Waals surface area contributed by atoms with Crippen LogP contribution in [0.5, 0.6) is 0 Å². The third-order valence-electron chi connectivity index (χ3n) is 5.77. The van der Waals surface area contributed by atoms with Gasteiger partial charge in [0.05, 0.1) is 10.9 Å². The summed E-state index contributed by atoms with van der Waals surface area (Å²) in [6.45, 7) is 1.45. The first-order valence-corrected chi connectivity index (χ1v) is 10.2. The van der Waals surface area contributed by atoms with Gasteiger partial charge in [-0.05, 0) is 31.9 Å². The number of halogens is 2. The van der Waals surface area contributed by atoms with Crippen LogP contribution in [0.3, 0.4) is 0 Å². The first-order chi connectivity index (χ1) is 15.3. The van der Waals surface area contributed by atoms with Gasteiger partial charge < -0.3 is 16.4 Å². The predicted octanol–water partition coefficient (Wildman–Crippen LogP) is 1.61. The number of amides is 2. The maximum Gasteiger partial charge on any atom is 0.245 e. The molecule has 2 amide bonds. The molecule has 0 aromatic carbocycles. The lowest BCUT2D eigenvalue weighted by atomic mass is 9.83. The van der Waals surface area contributed by atoms with Crippen LogP contribution in [0.15, 0.2) is 18.3 Å². The fourth-order valence-electron chi connectivity index (χ4n) is 3.84. The molecular weight excluding hydrogens is 422 g/mol. The first kappa shape index (κ1) is 20.2. The summed E-state index contributed by atoms with van der Waals surface area (Å²) in [5, 5.41) is 10.4. The number of hydrogen-bond acceptors (Lipinski definition) is 7. The van der Waals surface area contributed by atoms with Crippen molar-refractivity contribution in [3.05, 3.63) is 23.9 Å². The lowest BCUT2D eigenvalue weighted by Gasteiger charge is -2.21. The zero-order valence-corrected chi connectivity index (χ0v) is 17.1. The van der Waals surface area contributed by atoms with Crippen LogP contribution in [0, 0.1) is 0 Å². The molecule has 1 atom stereocenters. The number of nitrogens with zero attached hydrogens (tertiary/aromatic N) is 5. The van der Waals surface area contributed by atoms with Crippen LogP contribution in [0.1, 0.15) is 31.7 Å². The van der Waals surface area contributed by atoms with E-state index in [0.717, 1.165) is 12.8 Å². The molecule has 32 heavy (non-hydrogen) atoms. The second kappa shape index (κ2) is 7.18. The van der Waals surface area contributed by atoms with E-state index in [1.807, 2.05) is 0 Å². The molecule has 4 heterocycles. The fraction of sp³-hybridized carbons (Fsp3) is 0.400. The number of carbonyl (C=O) groups is 2. The third kappa shape index (κ3) is 3.13. The van der Waals surface area contributed by atoms with Crippen LogP contribution in [-0.2, 0) is 21.5 Å². The van der Waals surface area contributed by atoms with Gasteiger partial charge in [-0.1, -0.05) is 0 Å². The Morgan fingerprint density at radius 1 is 1.41 bits per heavy atom. The van der Waals surface area contributed by atoms with E-state index in [-0.39, 0.29) is 42.0 Å². The maximum atomic E-state index is 12.8. The highest BCUT2D eigenvalue weighted by Crippen LogP contribution is 2.41. The number of fused-ring (bicyclic) bond motifs is 2. The molecule has 0 saturated heterocycles. The van der Waals surface area contributed by atoms with Crippen molar-refractivity contribution in [2.75, 3.05) is 11.1 Å². The summed E-state index contributed by atoms with van der Waals surface area (Å²) in [4.78, 5) is 38.6. The van der Waals surface area contributed by atoms with Crippen LogP contribution < -0.4 is 16.4 Å². The molecule has 2 aliphatic rings. The zero-order chi connectivity index (χ0) is 22.6. The van der Waals surface area contributed by atoms with Crippen molar-refractivity contribution in [1.29, 1.82) is 0 Å². The molecule has 3 aromatic rings. The number of hydrogen-bond donors (Lipinski definition) is 3. The molecule has 4 N–H and O–H groups in total. The Labute approximate surface area is 180 Å². The molecule has 1 aliphatic carbocycles. The third-order valence-corrected chi connectivity index (χ3v) is 5.77. The Kier molecular flexibility index (Phi) is 4.53. The van der Waals surface area contributed by atoms with E-state index in [4.69, 9.17) is 5.73 Å². The van der Waals surface area contributed by atoms with E-state index < -0.39 is 23.7 Å². The van der Waals surface area contributed by atoms with Crippen LogP contribution in [0.4, 0.5) is 20.4 Å². The Balaban J connectivity index is 1.58. The van der Waals surface area contributed by atoms with Crippen molar-refractivity contribution < 1.29 is 18.4 Å². The van der Waals surface area contributed by atoms with E-state index in [9.17, 15) is 18.4 Å². The van der Waals surface area contributed by atoms with Gasteiger partial charge in [0.1, 0.15) is 17.3 Å². The molecule has 1 aliphatic heterocycles. The molecule has 1 saturated carbocycles. The molecule has 0 spiro atoms. The number of anilines is 2. The van der Waals surface area contributed by atoms with Crippen LogP contribution >= 0.6 is 0 Å². The number of alkyl halides is 2. The van der Waals surface area contributed by atoms with Gasteiger partial charge in [0.2, 0.25) is 18.2 Å². The summed E-state index contributed by atoms with van der Waals surface area (Å²) in [7, 11) is 0. The van der Waals surface area contributed by atoms with E-state index in [0.29, 0.717) is 16.7 Å². The number of nitrogen functional groups attached to an aromatic ring is 1. The molecule has 1 unspecified atom stereocenters. The van der Waals surface area contributed by atoms with Crippen molar-refractivity contribution in [2.45, 2.75) is 50.6 Å². The van der Waals surface area contributed by atoms with Gasteiger partial charge in [-0.3, -0.25) is 9.59 Å². The summed E-state index contributed by atoms with van der Waals surface area (Å²) in [6, 6.07) is 3.47. The summed E-state index contributed by atoms with van der Waals surface area (Å²) < 4.78 is 26.8. The molecule has 0 bridgehead atoms. The van der Waals surface area contributed by atoms with Crippen molar-refractivity contribution in [2.24, 2.45) is 0 Å². The van der Waals surface area contributed by atoms with Gasteiger partial charge in [0.15, 0.2) is 16.9 Å². The Bertz CT molecular complexity index is 1260. The maximum absolute atomic E-state index is 12.8. The number of aromatic nitrogens is 5. The van der Waals surface area contributed by atoms with Crippen molar-refractivity contribution in [3.8, 4) is 11.5 Å². The molecule has 12 heteroatoms. The number of pyridine rings is 1. The molecular formula is C20H20F2N8O2. The molecule has 166 valence electrons. The highest BCUT2D eigenvalue weighted by atomic mass is 19.3. The lowest BCUT2D eigenvalue weighted by molar-refractivity contribution is -0.133. The van der Waals surface area contributed by atoms with Crippen molar-refractivity contribution in [1.82, 2.24) is 30.0 Å². The van der Waals surface area contributed by atoms with E-state index in [1.54, 1.807) is 12.1 Å². The highest BCUT2D eigenvalue weighted by molar-refractivity contribution is 6.21. The minimum absolute atomic E-state index is 0.0315. The number of aryl methyl sites for hydroxylation is 1. The summed E-state index contributed by atoms with van der Waals surface area (Å²) >= 11 is 0. The first-order valence-electron chi connectivity index (χ1n) is 10.2. The average molecular weight is 442 g/mol. The molecule has 10 nitrogen and oxygen atoms in total. The normalized spacial score (nSPS) is 19.9. The smallest absolute Gasteiger partial charge is 0.245 e. The van der Waals surface area contributed by atoms with Gasteiger partial charge in [0.25, 0.3) is 0 Å². The molecule has 0 radical (unpaired) electrons. The van der Waals surface area contributed by atoms with E-state index in [2.05, 4.69) is 30.7 Å². The fourth-order valence-corrected chi connectivity index (χ4v) is 3.84. The van der Waals surface area contributed by atoms with Gasteiger partial charge in [0, 0.05) is 25.2 Å². The van der Waals surface area contributed by atoms with Crippen LogP contribution in [-0.4, -0.2) is 49.0 Å². The van der Waals surface area contributed by atoms with Crippen LogP contribution in [0.2, 0.25) is 0 Å². The quantitative estimate of drug-likeness (QED) is 0.493. The second-order valence-electron chi connectivity index (χ2n) is 8.11. The molecule has 5 rings (SSSR count). The second-order valence-corrected chi connectivity index (χ2v) is 8.11. The van der Waals surface area contributed by atoms with Gasteiger partial charge in [-0.15, -0.1) is 0 Å². The number of carbonyl (C=O) groups excluding carboxylic acids is 2. The minimum Gasteiger partial charge on any atom is -0.383 e. The molecule has 3 aromatic heterocycles. The van der Waals surface area contributed by atoms with Crippen molar-refractivity contribution in [3.63, 3.8) is 0 Å². The van der Waals surface area contributed by atoms with Crippen LogP contribution in [0.25, 0.3) is 22.6 Å². The van der Waals surface area contributed by atoms with E-state index in [1.165, 1.54) is 17.8 Å². The SMILES string of the molecule is CC1(C(=O)NC2CC2)C(=O)Nc2nc(-c3nn(CCC(F)F)c4ncccc34)nc(N)c21. The minimum atomic E-state index is -2.48. The Morgan fingerprint density at radius 2 is 2.19 bits per heavy atom. The predicted molar refractivity (Wildman–Crippen MR) is 111 cm³/mol. The Hall–Kier alpha value is -3.70. The number of nitrogens with one attached hydrogen (secondary N) is 2. The topological polar surface area (TPSA) is 141 Å². The van der Waals surface area contributed by atoms with Crippen molar-refractivity contribution >= 4 is 34.5 Å². The van der Waals surface area contributed by atoms with E-state index >= 15 is 0 Å². The number of nitrogens with two attached hydrogens (primary N) is 1.